The molecule has 0 aromatic heterocycles. The van der Waals surface area contributed by atoms with E-state index < -0.39 is 11.6 Å². The summed E-state index contributed by atoms with van der Waals surface area (Å²) in [5.74, 6) is 5.01. The van der Waals surface area contributed by atoms with Gasteiger partial charge in [-0.15, -0.1) is 0 Å². The SMILES string of the molecule is COc1ccc(CC(NN)c2cc(F)cc(F)c2)cc1. The third kappa shape index (κ3) is 3.53. The van der Waals surface area contributed by atoms with Crippen LogP contribution in [0.5, 0.6) is 5.75 Å². The van der Waals surface area contributed by atoms with Gasteiger partial charge in [0.2, 0.25) is 0 Å². The highest BCUT2D eigenvalue weighted by atomic mass is 19.1. The molecule has 2 aromatic carbocycles. The van der Waals surface area contributed by atoms with E-state index in [1.807, 2.05) is 24.3 Å². The Hall–Kier alpha value is -1.98. The van der Waals surface area contributed by atoms with Crippen molar-refractivity contribution >= 4 is 0 Å². The molecule has 1 atom stereocenters. The van der Waals surface area contributed by atoms with Crippen LogP contribution in [0, 0.1) is 11.6 Å². The van der Waals surface area contributed by atoms with Gasteiger partial charge in [0.25, 0.3) is 0 Å². The van der Waals surface area contributed by atoms with Gasteiger partial charge in [0, 0.05) is 6.07 Å². The van der Waals surface area contributed by atoms with Crippen molar-refractivity contribution in [1.29, 1.82) is 0 Å². The van der Waals surface area contributed by atoms with Crippen molar-refractivity contribution in [2.24, 2.45) is 5.84 Å². The molecule has 106 valence electrons. The minimum Gasteiger partial charge on any atom is -0.497 e. The number of nitrogens with two attached hydrogens (primary N) is 1. The lowest BCUT2D eigenvalue weighted by atomic mass is 9.99. The van der Waals surface area contributed by atoms with E-state index in [2.05, 4.69) is 5.43 Å². The van der Waals surface area contributed by atoms with Crippen LogP contribution in [-0.2, 0) is 6.42 Å². The smallest absolute Gasteiger partial charge is 0.126 e. The lowest BCUT2D eigenvalue weighted by Gasteiger charge is -2.17. The normalized spacial score (nSPS) is 12.2. The fourth-order valence-electron chi connectivity index (χ4n) is 2.05. The largest absolute Gasteiger partial charge is 0.497 e. The molecule has 2 rings (SSSR count). The Kier molecular flexibility index (Phi) is 4.65. The molecule has 0 fully saturated rings. The van der Waals surface area contributed by atoms with Crippen molar-refractivity contribution in [3.05, 3.63) is 65.2 Å². The Morgan fingerprint density at radius 2 is 1.70 bits per heavy atom. The molecule has 0 aliphatic carbocycles. The topological polar surface area (TPSA) is 47.3 Å². The summed E-state index contributed by atoms with van der Waals surface area (Å²) >= 11 is 0. The van der Waals surface area contributed by atoms with Gasteiger partial charge in [-0.25, -0.2) is 8.78 Å². The van der Waals surface area contributed by atoms with Crippen LogP contribution in [0.25, 0.3) is 0 Å². The predicted molar refractivity (Wildman–Crippen MR) is 73.1 cm³/mol. The second-order valence-electron chi connectivity index (χ2n) is 4.47. The number of ether oxygens (including phenoxy) is 1. The summed E-state index contributed by atoms with van der Waals surface area (Å²) in [5.41, 5.74) is 4.04. The molecule has 0 spiro atoms. The first-order chi connectivity index (χ1) is 9.62. The molecule has 3 nitrogen and oxygen atoms in total. The van der Waals surface area contributed by atoms with Gasteiger partial charge >= 0.3 is 0 Å². The minimum atomic E-state index is -0.616. The maximum absolute atomic E-state index is 13.2. The molecule has 5 heteroatoms. The van der Waals surface area contributed by atoms with Gasteiger partial charge in [-0.1, -0.05) is 12.1 Å². The fourth-order valence-corrected chi connectivity index (χ4v) is 2.05. The fraction of sp³-hybridized carbons (Fsp3) is 0.200. The van der Waals surface area contributed by atoms with E-state index in [9.17, 15) is 8.78 Å². The first-order valence-electron chi connectivity index (χ1n) is 6.17. The first kappa shape index (κ1) is 14.4. The van der Waals surface area contributed by atoms with Crippen molar-refractivity contribution in [2.45, 2.75) is 12.5 Å². The van der Waals surface area contributed by atoms with E-state index in [-0.39, 0.29) is 6.04 Å². The zero-order valence-corrected chi connectivity index (χ0v) is 11.1. The molecule has 0 heterocycles. The van der Waals surface area contributed by atoms with Gasteiger partial charge in [-0.2, -0.15) is 0 Å². The molecule has 3 N–H and O–H groups in total. The Morgan fingerprint density at radius 1 is 1.10 bits per heavy atom. The van der Waals surface area contributed by atoms with Crippen LogP contribution in [-0.4, -0.2) is 7.11 Å². The summed E-state index contributed by atoms with van der Waals surface area (Å²) < 4.78 is 31.6. The van der Waals surface area contributed by atoms with E-state index in [1.54, 1.807) is 7.11 Å². The quantitative estimate of drug-likeness (QED) is 0.653. The van der Waals surface area contributed by atoms with Crippen LogP contribution in [0.3, 0.4) is 0 Å². The maximum atomic E-state index is 13.2. The number of methoxy groups -OCH3 is 1. The number of halogens is 2. The molecule has 0 amide bonds. The van der Waals surface area contributed by atoms with E-state index in [0.717, 1.165) is 17.4 Å². The molecule has 2 aromatic rings. The maximum Gasteiger partial charge on any atom is 0.126 e. The van der Waals surface area contributed by atoms with Gasteiger partial charge in [0.1, 0.15) is 17.4 Å². The number of rotatable bonds is 5. The summed E-state index contributed by atoms with van der Waals surface area (Å²) in [6, 6.07) is 10.5. The lowest BCUT2D eigenvalue weighted by Crippen LogP contribution is -2.29. The van der Waals surface area contributed by atoms with Crippen LogP contribution < -0.4 is 16.0 Å². The molecule has 1 unspecified atom stereocenters. The van der Waals surface area contributed by atoms with Crippen LogP contribution in [0.4, 0.5) is 8.78 Å². The van der Waals surface area contributed by atoms with Crippen molar-refractivity contribution in [3.8, 4) is 5.75 Å². The van der Waals surface area contributed by atoms with Crippen molar-refractivity contribution in [2.75, 3.05) is 7.11 Å². The molecule has 0 saturated heterocycles. The summed E-state index contributed by atoms with van der Waals surface area (Å²) in [6.45, 7) is 0. The molecule has 0 bridgehead atoms. The minimum absolute atomic E-state index is 0.367. The molecule has 0 aliphatic heterocycles. The van der Waals surface area contributed by atoms with Crippen LogP contribution in [0.1, 0.15) is 17.2 Å². The Labute approximate surface area is 116 Å². The van der Waals surface area contributed by atoms with E-state index in [0.29, 0.717) is 12.0 Å². The number of hydrogen-bond acceptors (Lipinski definition) is 3. The van der Waals surface area contributed by atoms with Crippen molar-refractivity contribution in [1.82, 2.24) is 5.43 Å². The highest BCUT2D eigenvalue weighted by Crippen LogP contribution is 2.21. The summed E-state index contributed by atoms with van der Waals surface area (Å²) in [7, 11) is 1.59. The average Bonchev–Trinajstić information content (AvgIpc) is 2.44. The second kappa shape index (κ2) is 6.45. The number of nitrogens with one attached hydrogen (secondary N) is 1. The molecular formula is C15H16F2N2O. The number of benzene rings is 2. The predicted octanol–water partition coefficient (Wildman–Crippen LogP) is 2.72. The number of hydrazine groups is 1. The third-order valence-electron chi connectivity index (χ3n) is 3.09. The molecule has 20 heavy (non-hydrogen) atoms. The Balaban J connectivity index is 2.19. The standard InChI is InChI=1S/C15H16F2N2O/c1-20-14-4-2-10(3-5-14)6-15(19-18)11-7-12(16)9-13(17)8-11/h2-5,7-9,15,19H,6,18H2,1H3. The van der Waals surface area contributed by atoms with Crippen molar-refractivity contribution in [3.63, 3.8) is 0 Å². The monoisotopic (exact) mass is 278 g/mol. The molecule has 0 aliphatic rings. The van der Waals surface area contributed by atoms with Gasteiger partial charge in [-0.05, 0) is 41.8 Å². The Morgan fingerprint density at radius 3 is 2.20 bits per heavy atom. The zero-order valence-electron chi connectivity index (χ0n) is 11.1. The third-order valence-corrected chi connectivity index (χ3v) is 3.09. The lowest BCUT2D eigenvalue weighted by molar-refractivity contribution is 0.414. The summed E-state index contributed by atoms with van der Waals surface area (Å²) in [6.07, 6.45) is 0.517. The van der Waals surface area contributed by atoms with E-state index in [4.69, 9.17) is 10.6 Å². The Bertz CT molecular complexity index is 552. The first-order valence-corrected chi connectivity index (χ1v) is 6.17. The van der Waals surface area contributed by atoms with Gasteiger partial charge in [-0.3, -0.25) is 11.3 Å². The van der Waals surface area contributed by atoms with Gasteiger partial charge in [0.05, 0.1) is 13.2 Å². The second-order valence-corrected chi connectivity index (χ2v) is 4.47. The average molecular weight is 278 g/mol. The van der Waals surface area contributed by atoms with Crippen LogP contribution >= 0.6 is 0 Å². The van der Waals surface area contributed by atoms with Crippen molar-refractivity contribution < 1.29 is 13.5 Å². The molecular weight excluding hydrogens is 262 g/mol. The van der Waals surface area contributed by atoms with E-state index in [1.165, 1.54) is 12.1 Å². The molecule has 0 radical (unpaired) electrons. The summed E-state index contributed by atoms with van der Waals surface area (Å²) in [5, 5.41) is 0. The van der Waals surface area contributed by atoms with Gasteiger partial charge < -0.3 is 4.74 Å². The summed E-state index contributed by atoms with van der Waals surface area (Å²) in [4.78, 5) is 0. The van der Waals surface area contributed by atoms with Crippen LogP contribution in [0.2, 0.25) is 0 Å². The number of hydrogen-bond donors (Lipinski definition) is 2. The highest BCUT2D eigenvalue weighted by molar-refractivity contribution is 5.29. The van der Waals surface area contributed by atoms with E-state index >= 15 is 0 Å². The molecule has 0 saturated carbocycles. The van der Waals surface area contributed by atoms with Gasteiger partial charge in [0.15, 0.2) is 0 Å². The zero-order chi connectivity index (χ0) is 14.5. The highest BCUT2D eigenvalue weighted by Gasteiger charge is 2.13. The van der Waals surface area contributed by atoms with Crippen LogP contribution in [0.15, 0.2) is 42.5 Å².